The van der Waals surface area contributed by atoms with Crippen LogP contribution in [0.15, 0.2) is 41.5 Å². The van der Waals surface area contributed by atoms with Gasteiger partial charge in [0.15, 0.2) is 11.2 Å². The third-order valence-electron chi connectivity index (χ3n) is 2.81. The fraction of sp³-hybridized carbons (Fsp3) is 0.0769. The Morgan fingerprint density at radius 2 is 1.86 bits per heavy atom. The number of alkyl halides is 3. The number of fused-ring (bicyclic) bond motifs is 1. The Kier molecular flexibility index (Phi) is 2.93. The molecule has 0 aliphatic heterocycles. The van der Waals surface area contributed by atoms with Crippen LogP contribution < -0.4 is 5.56 Å². The maximum absolute atomic E-state index is 12.7. The van der Waals surface area contributed by atoms with E-state index in [9.17, 15) is 18.0 Å². The highest BCUT2D eigenvalue weighted by atomic mass is 19.4. The van der Waals surface area contributed by atoms with Crippen molar-refractivity contribution < 1.29 is 13.2 Å². The summed E-state index contributed by atoms with van der Waals surface area (Å²) >= 11 is 0. The van der Waals surface area contributed by atoms with Gasteiger partial charge in [-0.15, -0.1) is 0 Å². The summed E-state index contributed by atoms with van der Waals surface area (Å²) < 4.78 is 38.1. The van der Waals surface area contributed by atoms with Gasteiger partial charge in [-0.1, -0.05) is 12.1 Å². The molecule has 106 valence electrons. The van der Waals surface area contributed by atoms with Crippen LogP contribution in [0.25, 0.3) is 22.6 Å². The summed E-state index contributed by atoms with van der Waals surface area (Å²) in [5.41, 5.74) is -1.11. The van der Waals surface area contributed by atoms with Crippen molar-refractivity contribution in [3.05, 3.63) is 52.6 Å². The molecule has 8 heteroatoms. The van der Waals surface area contributed by atoms with Gasteiger partial charge in [-0.3, -0.25) is 4.79 Å². The highest BCUT2D eigenvalue weighted by molar-refractivity contribution is 5.71. The minimum absolute atomic E-state index is 0.0131. The Morgan fingerprint density at radius 3 is 2.62 bits per heavy atom. The summed E-state index contributed by atoms with van der Waals surface area (Å²) in [4.78, 5) is 26.0. The van der Waals surface area contributed by atoms with Crippen molar-refractivity contribution in [3.63, 3.8) is 0 Å². The summed E-state index contributed by atoms with van der Waals surface area (Å²) in [5, 5.41) is 0. The molecule has 0 unspecified atom stereocenters. The molecule has 0 amide bonds. The van der Waals surface area contributed by atoms with Crippen LogP contribution >= 0.6 is 0 Å². The van der Waals surface area contributed by atoms with Crippen molar-refractivity contribution >= 4 is 11.2 Å². The molecule has 0 saturated carbocycles. The van der Waals surface area contributed by atoms with E-state index < -0.39 is 17.3 Å². The zero-order valence-corrected chi connectivity index (χ0v) is 10.3. The van der Waals surface area contributed by atoms with Gasteiger partial charge in [0.1, 0.15) is 5.82 Å². The van der Waals surface area contributed by atoms with Crippen molar-refractivity contribution in [2.45, 2.75) is 6.18 Å². The zero-order chi connectivity index (χ0) is 15.0. The Morgan fingerprint density at radius 1 is 1.10 bits per heavy atom. The van der Waals surface area contributed by atoms with Crippen LogP contribution in [0.2, 0.25) is 0 Å². The van der Waals surface area contributed by atoms with Crippen LogP contribution in [0, 0.1) is 0 Å². The standard InChI is InChI=1S/C13H7F3N4O/c14-13(15,16)8-3-1-2-7(6-8)10-19-11-9(12(21)20-10)17-4-5-18-11/h1-6H,(H,18,19,20,21). The average Bonchev–Trinajstić information content (AvgIpc) is 2.46. The molecule has 2 aromatic heterocycles. The van der Waals surface area contributed by atoms with Gasteiger partial charge in [0.2, 0.25) is 0 Å². The highest BCUT2D eigenvalue weighted by Gasteiger charge is 2.30. The first kappa shape index (κ1) is 13.2. The Balaban J connectivity index is 2.19. The molecule has 0 spiro atoms. The number of rotatable bonds is 1. The molecule has 1 N–H and O–H groups in total. The molecule has 2 heterocycles. The van der Waals surface area contributed by atoms with Crippen molar-refractivity contribution in [2.75, 3.05) is 0 Å². The maximum Gasteiger partial charge on any atom is 0.416 e. The number of benzene rings is 1. The molecule has 5 nitrogen and oxygen atoms in total. The summed E-state index contributed by atoms with van der Waals surface area (Å²) in [7, 11) is 0. The molecular weight excluding hydrogens is 285 g/mol. The quantitative estimate of drug-likeness (QED) is 0.747. The first-order valence-electron chi connectivity index (χ1n) is 5.84. The molecule has 0 bridgehead atoms. The maximum atomic E-state index is 12.7. The van der Waals surface area contributed by atoms with Gasteiger partial charge >= 0.3 is 11.7 Å². The molecular formula is C13H7F3N4O. The van der Waals surface area contributed by atoms with Crippen LogP contribution in [-0.4, -0.2) is 19.9 Å². The van der Waals surface area contributed by atoms with E-state index in [2.05, 4.69) is 19.9 Å². The fourth-order valence-electron chi connectivity index (χ4n) is 1.86. The lowest BCUT2D eigenvalue weighted by Gasteiger charge is -2.08. The monoisotopic (exact) mass is 292 g/mol. The molecule has 3 rings (SSSR count). The van der Waals surface area contributed by atoms with Crippen molar-refractivity contribution in [1.29, 1.82) is 0 Å². The molecule has 0 aliphatic carbocycles. The van der Waals surface area contributed by atoms with Crippen LogP contribution in [0.1, 0.15) is 5.56 Å². The van der Waals surface area contributed by atoms with E-state index in [1.807, 2.05) is 0 Å². The molecule has 0 radical (unpaired) electrons. The van der Waals surface area contributed by atoms with E-state index in [0.29, 0.717) is 0 Å². The van der Waals surface area contributed by atoms with E-state index in [1.165, 1.54) is 24.5 Å². The van der Waals surface area contributed by atoms with E-state index in [-0.39, 0.29) is 22.6 Å². The number of nitrogens with zero attached hydrogens (tertiary/aromatic N) is 3. The highest BCUT2D eigenvalue weighted by Crippen LogP contribution is 2.31. The second kappa shape index (κ2) is 4.65. The van der Waals surface area contributed by atoms with E-state index in [4.69, 9.17) is 0 Å². The second-order valence-corrected chi connectivity index (χ2v) is 4.22. The van der Waals surface area contributed by atoms with E-state index in [1.54, 1.807) is 0 Å². The van der Waals surface area contributed by atoms with Gasteiger partial charge in [-0.25, -0.2) is 9.97 Å². The van der Waals surface area contributed by atoms with Gasteiger partial charge in [0, 0.05) is 18.0 Å². The smallest absolute Gasteiger partial charge is 0.322 e. The van der Waals surface area contributed by atoms with Crippen molar-refractivity contribution in [3.8, 4) is 11.4 Å². The number of H-pyrrole nitrogens is 1. The topological polar surface area (TPSA) is 71.5 Å². The minimum Gasteiger partial charge on any atom is -0.322 e. The van der Waals surface area contributed by atoms with Gasteiger partial charge in [0.05, 0.1) is 5.56 Å². The number of nitrogens with one attached hydrogen (secondary N) is 1. The average molecular weight is 292 g/mol. The Hall–Kier alpha value is -2.77. The van der Waals surface area contributed by atoms with E-state index in [0.717, 1.165) is 12.1 Å². The van der Waals surface area contributed by atoms with Crippen molar-refractivity contribution in [2.24, 2.45) is 0 Å². The number of aromatic amines is 1. The zero-order valence-electron chi connectivity index (χ0n) is 10.3. The second-order valence-electron chi connectivity index (χ2n) is 4.22. The molecule has 0 aliphatic rings. The van der Waals surface area contributed by atoms with Crippen LogP contribution in [0.5, 0.6) is 0 Å². The largest absolute Gasteiger partial charge is 0.416 e. The summed E-state index contributed by atoms with van der Waals surface area (Å²) in [6.07, 6.45) is -1.76. The van der Waals surface area contributed by atoms with E-state index >= 15 is 0 Å². The van der Waals surface area contributed by atoms with Gasteiger partial charge in [0.25, 0.3) is 0 Å². The molecule has 0 saturated heterocycles. The number of aromatic nitrogens is 4. The lowest BCUT2D eigenvalue weighted by atomic mass is 10.1. The van der Waals surface area contributed by atoms with Crippen molar-refractivity contribution in [1.82, 2.24) is 19.9 Å². The molecule has 3 aromatic rings. The van der Waals surface area contributed by atoms with Gasteiger partial charge < -0.3 is 4.98 Å². The summed E-state index contributed by atoms with van der Waals surface area (Å²) in [5.74, 6) is 0.0131. The Bertz CT molecular complexity index is 873. The predicted octanol–water partition coefficient (Wildman–Crippen LogP) is 2.40. The molecule has 0 fully saturated rings. The minimum atomic E-state index is -4.47. The number of halogens is 3. The molecule has 0 atom stereocenters. The Labute approximate surface area is 115 Å². The lowest BCUT2D eigenvalue weighted by molar-refractivity contribution is -0.137. The van der Waals surface area contributed by atoms with Gasteiger partial charge in [-0.2, -0.15) is 18.2 Å². The first-order chi connectivity index (χ1) is 9.95. The normalized spacial score (nSPS) is 11.8. The number of hydrogen-bond donors (Lipinski definition) is 1. The summed E-state index contributed by atoms with van der Waals surface area (Å²) in [6, 6.07) is 4.54. The van der Waals surface area contributed by atoms with Crippen LogP contribution in [-0.2, 0) is 6.18 Å². The number of hydrogen-bond acceptors (Lipinski definition) is 4. The van der Waals surface area contributed by atoms with Gasteiger partial charge in [-0.05, 0) is 12.1 Å². The van der Waals surface area contributed by atoms with Crippen LogP contribution in [0.4, 0.5) is 13.2 Å². The SMILES string of the molecule is O=c1nc(-c2cccc(C(F)(F)F)c2)[nH]c2nccnc12. The predicted molar refractivity (Wildman–Crippen MR) is 68.4 cm³/mol. The first-order valence-corrected chi connectivity index (χ1v) is 5.84. The summed E-state index contributed by atoms with van der Waals surface area (Å²) in [6.45, 7) is 0. The molecule has 21 heavy (non-hydrogen) atoms. The third-order valence-corrected chi connectivity index (χ3v) is 2.81. The third kappa shape index (κ3) is 2.47. The molecule has 1 aromatic carbocycles. The fourth-order valence-corrected chi connectivity index (χ4v) is 1.86. The lowest BCUT2D eigenvalue weighted by Crippen LogP contribution is -2.12. The van der Waals surface area contributed by atoms with Crippen LogP contribution in [0.3, 0.4) is 0 Å².